The van der Waals surface area contributed by atoms with Crippen LogP contribution in [0.3, 0.4) is 0 Å². The predicted molar refractivity (Wildman–Crippen MR) is 175 cm³/mol. The number of sulfonamides is 1. The Balaban J connectivity index is 1.60. The summed E-state index contributed by atoms with van der Waals surface area (Å²) in [6, 6.07) is 42.9. The van der Waals surface area contributed by atoms with Crippen molar-refractivity contribution < 1.29 is 8.42 Å². The SMILES string of the molecule is CN(C)c1ccc(N(c2c(-c3ccccc3)[nH]c3ccccc23)S(=O)(=O)c2ccc3ccccc3c2)c2ccccc12. The van der Waals surface area contributed by atoms with Gasteiger partial charge in [0.15, 0.2) is 0 Å². The molecule has 0 amide bonds. The summed E-state index contributed by atoms with van der Waals surface area (Å²) >= 11 is 0. The van der Waals surface area contributed by atoms with Gasteiger partial charge < -0.3 is 9.88 Å². The van der Waals surface area contributed by atoms with Crippen molar-refractivity contribution in [3.05, 3.63) is 133 Å². The van der Waals surface area contributed by atoms with Crippen molar-refractivity contribution in [3.8, 4) is 11.3 Å². The Labute approximate surface area is 245 Å². The minimum absolute atomic E-state index is 0.228. The topological polar surface area (TPSA) is 56.4 Å². The zero-order valence-corrected chi connectivity index (χ0v) is 24.1. The first-order valence-electron chi connectivity index (χ1n) is 13.8. The molecule has 0 spiro atoms. The highest BCUT2D eigenvalue weighted by Gasteiger charge is 2.33. The van der Waals surface area contributed by atoms with E-state index in [1.165, 1.54) is 0 Å². The fraction of sp³-hybridized carbons (Fsp3) is 0.0556. The molecule has 0 aliphatic heterocycles. The molecule has 0 aliphatic carbocycles. The lowest BCUT2D eigenvalue weighted by atomic mass is 10.0. The second kappa shape index (κ2) is 10.1. The first kappa shape index (κ1) is 25.9. The molecule has 0 saturated heterocycles. The van der Waals surface area contributed by atoms with Crippen molar-refractivity contribution in [1.82, 2.24) is 4.98 Å². The average Bonchev–Trinajstić information content (AvgIpc) is 3.40. The summed E-state index contributed by atoms with van der Waals surface area (Å²) in [4.78, 5) is 5.83. The minimum Gasteiger partial charge on any atom is -0.377 e. The van der Waals surface area contributed by atoms with E-state index < -0.39 is 10.0 Å². The molecule has 1 N–H and O–H groups in total. The third-order valence-corrected chi connectivity index (χ3v) is 9.49. The largest absolute Gasteiger partial charge is 0.377 e. The van der Waals surface area contributed by atoms with Crippen LogP contribution in [0.25, 0.3) is 43.7 Å². The highest BCUT2D eigenvalue weighted by molar-refractivity contribution is 7.93. The maximum absolute atomic E-state index is 15.1. The lowest BCUT2D eigenvalue weighted by Gasteiger charge is -2.28. The molecule has 0 atom stereocenters. The van der Waals surface area contributed by atoms with Gasteiger partial charge in [-0.2, -0.15) is 0 Å². The number of hydrogen-bond donors (Lipinski definition) is 1. The van der Waals surface area contributed by atoms with Crippen molar-refractivity contribution >= 4 is 59.5 Å². The fourth-order valence-corrected chi connectivity index (χ4v) is 7.36. The van der Waals surface area contributed by atoms with E-state index in [9.17, 15) is 0 Å². The highest BCUT2D eigenvalue weighted by atomic mass is 32.2. The number of aromatic nitrogens is 1. The number of para-hydroxylation sites is 1. The molecule has 0 saturated carbocycles. The number of H-pyrrole nitrogens is 1. The molecular formula is C36H29N3O2S. The van der Waals surface area contributed by atoms with Crippen LogP contribution in [0.15, 0.2) is 138 Å². The zero-order valence-electron chi connectivity index (χ0n) is 23.3. The molecule has 42 heavy (non-hydrogen) atoms. The lowest BCUT2D eigenvalue weighted by molar-refractivity contribution is 0.596. The van der Waals surface area contributed by atoms with Crippen molar-refractivity contribution in [1.29, 1.82) is 0 Å². The van der Waals surface area contributed by atoms with Gasteiger partial charge in [0.25, 0.3) is 10.0 Å². The smallest absolute Gasteiger partial charge is 0.268 e. The molecule has 6 heteroatoms. The Morgan fingerprint density at radius 3 is 1.90 bits per heavy atom. The van der Waals surface area contributed by atoms with Gasteiger partial charge in [0.1, 0.15) is 0 Å². The predicted octanol–water partition coefficient (Wildman–Crippen LogP) is 8.73. The van der Waals surface area contributed by atoms with Crippen LogP contribution in [0.4, 0.5) is 17.1 Å². The summed E-state index contributed by atoms with van der Waals surface area (Å²) in [6.07, 6.45) is 0. The van der Waals surface area contributed by atoms with E-state index in [1.54, 1.807) is 16.4 Å². The van der Waals surface area contributed by atoms with Gasteiger partial charge in [0.05, 0.1) is 22.0 Å². The van der Waals surface area contributed by atoms with Gasteiger partial charge in [0, 0.05) is 47.0 Å². The summed E-state index contributed by atoms with van der Waals surface area (Å²) in [6.45, 7) is 0. The number of fused-ring (bicyclic) bond motifs is 3. The van der Waals surface area contributed by atoms with Crippen LogP contribution in [-0.4, -0.2) is 27.5 Å². The van der Waals surface area contributed by atoms with Crippen LogP contribution in [0, 0.1) is 0 Å². The molecule has 206 valence electrons. The molecule has 1 heterocycles. The molecule has 0 aliphatic rings. The van der Waals surface area contributed by atoms with Crippen molar-refractivity contribution in [2.45, 2.75) is 4.90 Å². The Morgan fingerprint density at radius 1 is 0.571 bits per heavy atom. The number of rotatable bonds is 6. The highest BCUT2D eigenvalue weighted by Crippen LogP contribution is 2.47. The Morgan fingerprint density at radius 2 is 1.17 bits per heavy atom. The van der Waals surface area contributed by atoms with Crippen LogP contribution >= 0.6 is 0 Å². The zero-order chi connectivity index (χ0) is 28.8. The van der Waals surface area contributed by atoms with E-state index in [2.05, 4.69) is 9.88 Å². The number of nitrogens with zero attached hydrogens (tertiary/aromatic N) is 2. The molecule has 7 rings (SSSR count). The maximum atomic E-state index is 15.1. The van der Waals surface area contributed by atoms with E-state index in [0.717, 1.165) is 49.4 Å². The number of nitrogens with one attached hydrogen (secondary N) is 1. The van der Waals surface area contributed by atoms with E-state index in [0.29, 0.717) is 11.4 Å². The Hall–Kier alpha value is -5.07. The van der Waals surface area contributed by atoms with Crippen LogP contribution < -0.4 is 9.21 Å². The quantitative estimate of drug-likeness (QED) is 0.219. The van der Waals surface area contributed by atoms with Gasteiger partial charge in [-0.05, 0) is 41.1 Å². The van der Waals surface area contributed by atoms with E-state index in [-0.39, 0.29) is 4.90 Å². The Bertz CT molecular complexity index is 2200. The van der Waals surface area contributed by atoms with Gasteiger partial charge >= 0.3 is 0 Å². The first-order valence-corrected chi connectivity index (χ1v) is 15.3. The van der Waals surface area contributed by atoms with E-state index in [1.807, 2.05) is 135 Å². The van der Waals surface area contributed by atoms with Crippen LogP contribution in [-0.2, 0) is 10.0 Å². The lowest BCUT2D eigenvalue weighted by Crippen LogP contribution is -2.27. The molecular weight excluding hydrogens is 538 g/mol. The van der Waals surface area contributed by atoms with Crippen molar-refractivity contribution in [3.63, 3.8) is 0 Å². The monoisotopic (exact) mass is 567 g/mol. The summed E-state index contributed by atoms with van der Waals surface area (Å²) < 4.78 is 31.7. The van der Waals surface area contributed by atoms with Gasteiger partial charge in [-0.15, -0.1) is 0 Å². The van der Waals surface area contributed by atoms with Crippen molar-refractivity contribution in [2.75, 3.05) is 23.3 Å². The van der Waals surface area contributed by atoms with E-state index in [4.69, 9.17) is 0 Å². The molecule has 5 nitrogen and oxygen atoms in total. The molecule has 0 fully saturated rings. The molecule has 0 unspecified atom stereocenters. The fourth-order valence-electron chi connectivity index (χ4n) is 5.79. The second-order valence-electron chi connectivity index (χ2n) is 10.6. The van der Waals surface area contributed by atoms with Gasteiger partial charge in [0.2, 0.25) is 0 Å². The van der Waals surface area contributed by atoms with Gasteiger partial charge in [-0.3, -0.25) is 0 Å². The Kier molecular flexibility index (Phi) is 6.21. The number of aromatic amines is 1. The normalized spacial score (nSPS) is 11.8. The average molecular weight is 568 g/mol. The van der Waals surface area contributed by atoms with Crippen LogP contribution in [0.2, 0.25) is 0 Å². The van der Waals surface area contributed by atoms with Crippen LogP contribution in [0.5, 0.6) is 0 Å². The molecule has 6 aromatic carbocycles. The summed E-state index contributed by atoms with van der Waals surface area (Å²) in [5.74, 6) is 0. The van der Waals surface area contributed by atoms with Gasteiger partial charge in [-0.1, -0.05) is 103 Å². The van der Waals surface area contributed by atoms with Crippen molar-refractivity contribution in [2.24, 2.45) is 0 Å². The first-order chi connectivity index (χ1) is 20.4. The standard InChI is InChI=1S/C36H29N3O2S/c1-38(2)33-22-23-34(30-17-9-8-16-29(30)33)39(42(40,41)28-21-20-25-12-6-7-15-27(25)24-28)36-31-18-10-11-19-32(31)37-35(36)26-13-4-3-5-14-26/h3-24,37H,1-2H3. The van der Waals surface area contributed by atoms with Crippen LogP contribution in [0.1, 0.15) is 0 Å². The minimum atomic E-state index is -4.12. The number of benzene rings is 6. The number of hydrogen-bond acceptors (Lipinski definition) is 3. The summed E-state index contributed by atoms with van der Waals surface area (Å²) in [7, 11) is -0.119. The molecule has 0 radical (unpaired) electrons. The second-order valence-corrected chi connectivity index (χ2v) is 12.4. The van der Waals surface area contributed by atoms with E-state index >= 15 is 8.42 Å². The number of anilines is 3. The maximum Gasteiger partial charge on any atom is 0.268 e. The molecule has 7 aromatic rings. The summed E-state index contributed by atoms with van der Waals surface area (Å²) in [5.41, 5.74) is 4.69. The molecule has 0 bridgehead atoms. The van der Waals surface area contributed by atoms with Gasteiger partial charge in [-0.25, -0.2) is 12.7 Å². The third kappa shape index (κ3) is 4.19. The molecule has 1 aromatic heterocycles. The summed E-state index contributed by atoms with van der Waals surface area (Å²) in [5, 5.41) is 4.49. The third-order valence-electron chi connectivity index (χ3n) is 7.78.